The second-order valence-electron chi connectivity index (χ2n) is 8.40. The smallest absolute Gasteiger partial charge is 0.259 e. The molecule has 1 aliphatic carbocycles. The summed E-state index contributed by atoms with van der Waals surface area (Å²) in [5.74, 6) is 0.656. The third-order valence-electron chi connectivity index (χ3n) is 6.47. The van der Waals surface area contributed by atoms with Gasteiger partial charge in [-0.1, -0.05) is 54.6 Å². The third kappa shape index (κ3) is 3.90. The average Bonchev–Trinajstić information content (AvgIpc) is 3.28. The molecule has 0 radical (unpaired) electrons. The van der Waals surface area contributed by atoms with Gasteiger partial charge in [0.25, 0.3) is 5.56 Å². The van der Waals surface area contributed by atoms with Crippen LogP contribution in [0.25, 0.3) is 21.9 Å². The Hall–Kier alpha value is -3.88. The average molecular weight is 436 g/mol. The Morgan fingerprint density at radius 3 is 2.36 bits per heavy atom. The van der Waals surface area contributed by atoms with E-state index in [2.05, 4.69) is 35.7 Å². The maximum atomic E-state index is 13.4. The van der Waals surface area contributed by atoms with Gasteiger partial charge in [-0.3, -0.25) is 9.36 Å². The van der Waals surface area contributed by atoms with E-state index in [-0.39, 0.29) is 5.56 Å². The van der Waals surface area contributed by atoms with Crippen LogP contribution in [0.2, 0.25) is 0 Å². The second kappa shape index (κ2) is 8.93. The van der Waals surface area contributed by atoms with Crippen LogP contribution >= 0.6 is 0 Å². The summed E-state index contributed by atoms with van der Waals surface area (Å²) in [6, 6.07) is 26.4. The summed E-state index contributed by atoms with van der Waals surface area (Å²) in [6.07, 6.45) is 1.98. The van der Waals surface area contributed by atoms with Crippen molar-refractivity contribution in [1.29, 1.82) is 5.26 Å². The Bertz CT molecular complexity index is 1390. The molecule has 0 aliphatic heterocycles. The molecule has 1 aromatic heterocycles. The SMILES string of the molecule is COc1ccc2c(=O)n(CCNC3Cc4ccccc4C3)c(C#N)c(-c3ccccc3)c2c1. The summed E-state index contributed by atoms with van der Waals surface area (Å²) >= 11 is 0. The van der Waals surface area contributed by atoms with Crippen LogP contribution in [0.4, 0.5) is 0 Å². The lowest BCUT2D eigenvalue weighted by Gasteiger charge is -2.18. The van der Waals surface area contributed by atoms with Crippen LogP contribution in [0, 0.1) is 11.3 Å². The third-order valence-corrected chi connectivity index (χ3v) is 6.47. The largest absolute Gasteiger partial charge is 0.497 e. The monoisotopic (exact) mass is 435 g/mol. The minimum atomic E-state index is -0.152. The van der Waals surface area contributed by atoms with E-state index >= 15 is 0 Å². The van der Waals surface area contributed by atoms with E-state index in [1.807, 2.05) is 36.4 Å². The Morgan fingerprint density at radius 1 is 1.00 bits per heavy atom. The van der Waals surface area contributed by atoms with Crippen molar-refractivity contribution in [3.63, 3.8) is 0 Å². The predicted octanol–water partition coefficient (Wildman–Crippen LogP) is 4.31. The zero-order chi connectivity index (χ0) is 22.8. The highest BCUT2D eigenvalue weighted by Crippen LogP contribution is 2.32. The number of nitrogens with one attached hydrogen (secondary N) is 1. The number of rotatable bonds is 6. The number of methoxy groups -OCH3 is 1. The van der Waals surface area contributed by atoms with Crippen LogP contribution in [0.1, 0.15) is 16.8 Å². The van der Waals surface area contributed by atoms with Gasteiger partial charge in [0.15, 0.2) is 0 Å². The molecule has 0 spiro atoms. The number of aromatic nitrogens is 1. The quantitative estimate of drug-likeness (QED) is 0.490. The fraction of sp³-hybridized carbons (Fsp3) is 0.214. The van der Waals surface area contributed by atoms with Crippen molar-refractivity contribution in [1.82, 2.24) is 9.88 Å². The minimum Gasteiger partial charge on any atom is -0.497 e. The Balaban J connectivity index is 1.52. The van der Waals surface area contributed by atoms with Crippen LogP contribution in [-0.4, -0.2) is 24.3 Å². The second-order valence-corrected chi connectivity index (χ2v) is 8.40. The zero-order valence-corrected chi connectivity index (χ0v) is 18.5. The van der Waals surface area contributed by atoms with Gasteiger partial charge >= 0.3 is 0 Å². The van der Waals surface area contributed by atoms with Gasteiger partial charge in [0.05, 0.1) is 7.11 Å². The van der Waals surface area contributed by atoms with Gasteiger partial charge in [0.2, 0.25) is 0 Å². The van der Waals surface area contributed by atoms with Crippen molar-refractivity contribution >= 4 is 10.8 Å². The van der Waals surface area contributed by atoms with Gasteiger partial charge in [0, 0.05) is 35.5 Å². The molecule has 1 N–H and O–H groups in total. The van der Waals surface area contributed by atoms with E-state index < -0.39 is 0 Å². The highest BCUT2D eigenvalue weighted by molar-refractivity contribution is 5.99. The summed E-state index contributed by atoms with van der Waals surface area (Å²) < 4.78 is 7.02. The number of hydrogen-bond acceptors (Lipinski definition) is 4. The van der Waals surface area contributed by atoms with Crippen LogP contribution in [-0.2, 0) is 19.4 Å². The zero-order valence-electron chi connectivity index (χ0n) is 18.5. The van der Waals surface area contributed by atoms with Crippen LogP contribution in [0.3, 0.4) is 0 Å². The predicted molar refractivity (Wildman–Crippen MR) is 131 cm³/mol. The van der Waals surface area contributed by atoms with Gasteiger partial charge in [-0.25, -0.2) is 0 Å². The van der Waals surface area contributed by atoms with E-state index in [0.29, 0.717) is 36.0 Å². The summed E-state index contributed by atoms with van der Waals surface area (Å²) in [5.41, 5.74) is 4.66. The molecule has 0 saturated heterocycles. The van der Waals surface area contributed by atoms with Gasteiger partial charge < -0.3 is 10.1 Å². The van der Waals surface area contributed by atoms with Crippen LogP contribution < -0.4 is 15.6 Å². The number of hydrogen-bond donors (Lipinski definition) is 1. The molecule has 0 amide bonds. The highest BCUT2D eigenvalue weighted by Gasteiger charge is 2.22. The van der Waals surface area contributed by atoms with Crippen molar-refractivity contribution in [2.24, 2.45) is 0 Å². The van der Waals surface area contributed by atoms with Crippen molar-refractivity contribution in [3.05, 3.63) is 100.0 Å². The first-order chi connectivity index (χ1) is 16.2. The maximum absolute atomic E-state index is 13.4. The molecule has 164 valence electrons. The van der Waals surface area contributed by atoms with Crippen molar-refractivity contribution in [3.8, 4) is 22.9 Å². The summed E-state index contributed by atoms with van der Waals surface area (Å²) in [6.45, 7) is 1.04. The van der Waals surface area contributed by atoms with Crippen LogP contribution in [0.15, 0.2) is 77.6 Å². The standard InChI is InChI=1S/C28H25N3O2/c1-33-23-11-12-24-25(17-23)27(19-7-3-2-4-8-19)26(18-29)31(28(24)32)14-13-30-22-15-20-9-5-6-10-21(20)16-22/h2-12,17,22,30H,13-16H2,1H3. The Labute approximate surface area is 192 Å². The number of fused-ring (bicyclic) bond motifs is 2. The van der Waals surface area contributed by atoms with Gasteiger partial charge in [0.1, 0.15) is 17.5 Å². The molecular weight excluding hydrogens is 410 g/mol. The molecule has 0 fully saturated rings. The van der Waals surface area contributed by atoms with E-state index in [1.165, 1.54) is 11.1 Å². The summed E-state index contributed by atoms with van der Waals surface area (Å²) in [5, 5.41) is 15.0. The topological polar surface area (TPSA) is 67.0 Å². The first kappa shape index (κ1) is 21.0. The maximum Gasteiger partial charge on any atom is 0.259 e. The molecule has 4 aromatic rings. The van der Waals surface area contributed by atoms with Crippen molar-refractivity contribution in [2.75, 3.05) is 13.7 Å². The van der Waals surface area contributed by atoms with Gasteiger partial charge in [-0.2, -0.15) is 5.26 Å². The van der Waals surface area contributed by atoms with E-state index in [4.69, 9.17) is 4.74 Å². The summed E-state index contributed by atoms with van der Waals surface area (Å²) in [7, 11) is 1.60. The van der Waals surface area contributed by atoms with Gasteiger partial charge in [-0.05, 0) is 47.7 Å². The minimum absolute atomic E-state index is 0.152. The Morgan fingerprint density at radius 2 is 1.70 bits per heavy atom. The molecule has 1 aliphatic rings. The molecule has 1 heterocycles. The number of benzene rings is 3. The molecular formula is C28H25N3O2. The number of pyridine rings is 1. The molecule has 0 bridgehead atoms. The number of nitriles is 1. The number of nitrogens with zero attached hydrogens (tertiary/aromatic N) is 2. The number of ether oxygens (including phenoxy) is 1. The van der Waals surface area contributed by atoms with E-state index in [1.54, 1.807) is 23.8 Å². The molecule has 33 heavy (non-hydrogen) atoms. The molecule has 0 atom stereocenters. The molecule has 5 rings (SSSR count). The first-order valence-electron chi connectivity index (χ1n) is 11.2. The lowest BCUT2D eigenvalue weighted by molar-refractivity contribution is 0.415. The Kier molecular flexibility index (Phi) is 5.68. The van der Waals surface area contributed by atoms with Crippen molar-refractivity contribution in [2.45, 2.75) is 25.4 Å². The fourth-order valence-corrected chi connectivity index (χ4v) is 4.86. The lowest BCUT2D eigenvalue weighted by Crippen LogP contribution is -2.35. The van der Waals surface area contributed by atoms with E-state index in [0.717, 1.165) is 29.4 Å². The molecule has 0 saturated carbocycles. The molecule has 5 heteroatoms. The first-order valence-corrected chi connectivity index (χ1v) is 11.2. The fourth-order valence-electron chi connectivity index (χ4n) is 4.86. The van der Waals surface area contributed by atoms with Crippen LogP contribution in [0.5, 0.6) is 5.75 Å². The highest BCUT2D eigenvalue weighted by atomic mass is 16.5. The van der Waals surface area contributed by atoms with E-state index in [9.17, 15) is 10.1 Å². The molecule has 0 unspecified atom stereocenters. The van der Waals surface area contributed by atoms with Crippen molar-refractivity contribution < 1.29 is 4.74 Å². The van der Waals surface area contributed by atoms with Gasteiger partial charge in [-0.15, -0.1) is 0 Å². The summed E-state index contributed by atoms with van der Waals surface area (Å²) in [4.78, 5) is 13.4. The normalized spacial score (nSPS) is 13.1. The molecule has 5 nitrogen and oxygen atoms in total. The molecule has 3 aromatic carbocycles. The lowest BCUT2D eigenvalue weighted by atomic mass is 9.97.